The fourth-order valence-corrected chi connectivity index (χ4v) is 4.82. The van der Waals surface area contributed by atoms with Crippen molar-refractivity contribution in [3.8, 4) is 16.9 Å². The van der Waals surface area contributed by atoms with Crippen LogP contribution in [0.5, 0.6) is 5.75 Å². The van der Waals surface area contributed by atoms with E-state index < -0.39 is 0 Å². The number of amides is 2. The van der Waals surface area contributed by atoms with Crippen molar-refractivity contribution in [2.75, 3.05) is 24.5 Å². The van der Waals surface area contributed by atoms with E-state index in [0.717, 1.165) is 68.2 Å². The first-order valence-electron chi connectivity index (χ1n) is 11.7. The van der Waals surface area contributed by atoms with E-state index in [-0.39, 0.29) is 12.1 Å². The Hall–Kier alpha value is -3.05. The minimum atomic E-state index is 0.0977. The Morgan fingerprint density at radius 3 is 2.58 bits per heavy atom. The lowest BCUT2D eigenvalue weighted by Gasteiger charge is -2.27. The maximum atomic E-state index is 12.7. The molecule has 33 heavy (non-hydrogen) atoms. The average molecular weight is 462 g/mol. The molecule has 170 valence electrons. The molecule has 0 saturated carbocycles. The zero-order valence-electron chi connectivity index (χ0n) is 18.6. The van der Waals surface area contributed by atoms with E-state index in [1.54, 1.807) is 12.4 Å². The van der Waals surface area contributed by atoms with Gasteiger partial charge in [-0.1, -0.05) is 29.8 Å². The normalized spacial score (nSPS) is 17.7. The lowest BCUT2D eigenvalue weighted by atomic mass is 9.95. The molecule has 3 heterocycles. The van der Waals surface area contributed by atoms with E-state index in [1.165, 1.54) is 16.7 Å². The van der Waals surface area contributed by atoms with Gasteiger partial charge >= 0.3 is 6.03 Å². The molecule has 0 unspecified atom stereocenters. The molecule has 0 aliphatic carbocycles. The van der Waals surface area contributed by atoms with Crippen LogP contribution in [-0.4, -0.2) is 41.7 Å². The van der Waals surface area contributed by atoms with Gasteiger partial charge in [0.1, 0.15) is 5.75 Å². The molecule has 1 fully saturated rings. The van der Waals surface area contributed by atoms with Gasteiger partial charge in [-0.15, -0.1) is 0 Å². The van der Waals surface area contributed by atoms with E-state index >= 15 is 0 Å². The van der Waals surface area contributed by atoms with Gasteiger partial charge in [0, 0.05) is 42.7 Å². The number of rotatable bonds is 7. The minimum absolute atomic E-state index is 0.0977. The van der Waals surface area contributed by atoms with Crippen LogP contribution in [0.2, 0.25) is 5.02 Å². The van der Waals surface area contributed by atoms with Crippen molar-refractivity contribution in [2.45, 2.75) is 38.2 Å². The lowest BCUT2D eigenvalue weighted by molar-refractivity contribution is 0.159. The summed E-state index contributed by atoms with van der Waals surface area (Å²) in [6.45, 7) is 2.32. The number of carbonyl (C=O) groups excluding carboxylic acids is 1. The van der Waals surface area contributed by atoms with Crippen LogP contribution in [-0.2, 0) is 6.42 Å². The van der Waals surface area contributed by atoms with Crippen LogP contribution in [0.25, 0.3) is 11.1 Å². The second-order valence-corrected chi connectivity index (χ2v) is 9.17. The average Bonchev–Trinajstić information content (AvgIpc) is 3.22. The number of nitrogens with zero attached hydrogens (tertiary/aromatic N) is 3. The van der Waals surface area contributed by atoms with E-state index in [4.69, 9.17) is 16.3 Å². The topological polar surface area (TPSA) is 45.7 Å². The summed E-state index contributed by atoms with van der Waals surface area (Å²) in [5, 5.41) is 0.753. The summed E-state index contributed by atoms with van der Waals surface area (Å²) in [5.41, 5.74) is 4.57. The fourth-order valence-electron chi connectivity index (χ4n) is 4.70. The Balaban J connectivity index is 1.09. The van der Waals surface area contributed by atoms with Gasteiger partial charge in [0.25, 0.3) is 0 Å². The number of anilines is 1. The highest BCUT2D eigenvalue weighted by atomic mass is 35.5. The number of hydrogen-bond acceptors (Lipinski definition) is 3. The van der Waals surface area contributed by atoms with Crippen LogP contribution in [0.15, 0.2) is 67.0 Å². The molecule has 6 heteroatoms. The molecular formula is C27H28ClN3O2. The van der Waals surface area contributed by atoms with Gasteiger partial charge in [0.05, 0.1) is 6.10 Å². The predicted molar refractivity (Wildman–Crippen MR) is 132 cm³/mol. The third kappa shape index (κ3) is 4.98. The molecule has 0 N–H and O–H groups in total. The zero-order chi connectivity index (χ0) is 22.6. The van der Waals surface area contributed by atoms with Gasteiger partial charge in [-0.2, -0.15) is 0 Å². The van der Waals surface area contributed by atoms with E-state index in [2.05, 4.69) is 35.3 Å². The standard InChI is InChI=1S/C27H28ClN3O2/c28-23-8-4-20(5-9-23)21-7-11-26-22(19-21)6-10-25(33-26)3-1-2-16-30-17-18-31(27(30)32)24-12-14-29-15-13-24/h4-5,7-9,11-15,19,25H,1-3,6,10,16-18H2/t25-/m1/s1. The summed E-state index contributed by atoms with van der Waals surface area (Å²) in [6.07, 6.45) is 8.86. The largest absolute Gasteiger partial charge is 0.490 e. The number of urea groups is 1. The summed E-state index contributed by atoms with van der Waals surface area (Å²) >= 11 is 6.01. The van der Waals surface area contributed by atoms with Gasteiger partial charge in [0.15, 0.2) is 0 Å². The first-order chi connectivity index (χ1) is 16.2. The molecule has 1 saturated heterocycles. The number of hydrogen-bond donors (Lipinski definition) is 0. The van der Waals surface area contributed by atoms with Gasteiger partial charge in [-0.25, -0.2) is 4.79 Å². The molecule has 0 bridgehead atoms. The lowest BCUT2D eigenvalue weighted by Crippen LogP contribution is -2.32. The number of halogens is 1. The van der Waals surface area contributed by atoms with Crippen molar-refractivity contribution < 1.29 is 9.53 Å². The van der Waals surface area contributed by atoms with Crippen molar-refractivity contribution in [2.24, 2.45) is 0 Å². The number of ether oxygens (including phenoxy) is 1. The predicted octanol–water partition coefficient (Wildman–Crippen LogP) is 6.21. The number of aromatic nitrogens is 1. The van der Waals surface area contributed by atoms with Crippen molar-refractivity contribution in [1.82, 2.24) is 9.88 Å². The Labute approximate surface area is 200 Å². The number of aryl methyl sites for hydroxylation is 1. The second-order valence-electron chi connectivity index (χ2n) is 8.73. The zero-order valence-corrected chi connectivity index (χ0v) is 19.4. The Bertz CT molecular complexity index is 1100. The SMILES string of the molecule is O=C1N(CCCC[C@@H]2CCc3cc(-c4ccc(Cl)cc4)ccc3O2)CCN1c1ccncc1. The van der Waals surface area contributed by atoms with E-state index in [0.29, 0.717) is 0 Å². The Kier molecular flexibility index (Phi) is 6.49. The monoisotopic (exact) mass is 461 g/mol. The molecule has 5 nitrogen and oxygen atoms in total. The molecule has 0 radical (unpaired) electrons. The van der Waals surface area contributed by atoms with Crippen LogP contribution in [0.3, 0.4) is 0 Å². The van der Waals surface area contributed by atoms with Gasteiger partial charge in [-0.3, -0.25) is 9.88 Å². The van der Waals surface area contributed by atoms with Crippen LogP contribution in [0, 0.1) is 0 Å². The number of fused-ring (bicyclic) bond motifs is 1. The van der Waals surface area contributed by atoms with Crippen molar-refractivity contribution in [3.05, 3.63) is 77.6 Å². The van der Waals surface area contributed by atoms with E-state index in [9.17, 15) is 4.79 Å². The molecule has 1 atom stereocenters. The highest BCUT2D eigenvalue weighted by Gasteiger charge is 2.29. The van der Waals surface area contributed by atoms with Crippen molar-refractivity contribution in [1.29, 1.82) is 0 Å². The van der Waals surface area contributed by atoms with Gasteiger partial charge < -0.3 is 9.64 Å². The summed E-state index contributed by atoms with van der Waals surface area (Å²) < 4.78 is 6.29. The third-order valence-corrected chi connectivity index (χ3v) is 6.79. The molecule has 2 aliphatic heterocycles. The number of carbonyl (C=O) groups is 1. The molecular weight excluding hydrogens is 434 g/mol. The first-order valence-corrected chi connectivity index (χ1v) is 12.1. The molecule has 2 aliphatic rings. The second kappa shape index (κ2) is 9.84. The van der Waals surface area contributed by atoms with Crippen LogP contribution >= 0.6 is 11.6 Å². The summed E-state index contributed by atoms with van der Waals surface area (Å²) in [7, 11) is 0. The summed E-state index contributed by atoms with van der Waals surface area (Å²) in [5.74, 6) is 1.01. The highest BCUT2D eigenvalue weighted by Crippen LogP contribution is 2.33. The Morgan fingerprint density at radius 2 is 1.76 bits per heavy atom. The van der Waals surface area contributed by atoms with Crippen LogP contribution in [0.1, 0.15) is 31.2 Å². The van der Waals surface area contributed by atoms with Crippen molar-refractivity contribution >= 4 is 23.3 Å². The third-order valence-electron chi connectivity index (χ3n) is 6.54. The molecule has 1 aromatic heterocycles. The van der Waals surface area contributed by atoms with E-state index in [1.807, 2.05) is 34.1 Å². The highest BCUT2D eigenvalue weighted by molar-refractivity contribution is 6.30. The molecule has 0 spiro atoms. The first kappa shape index (κ1) is 21.8. The van der Waals surface area contributed by atoms with Crippen molar-refractivity contribution in [3.63, 3.8) is 0 Å². The van der Waals surface area contributed by atoms with Gasteiger partial charge in [-0.05, 0) is 85.2 Å². The number of unbranched alkanes of at least 4 members (excludes halogenated alkanes) is 1. The molecule has 3 aromatic rings. The quantitative estimate of drug-likeness (QED) is 0.393. The minimum Gasteiger partial charge on any atom is -0.490 e. The summed E-state index contributed by atoms with van der Waals surface area (Å²) in [4.78, 5) is 20.5. The molecule has 5 rings (SSSR count). The smallest absolute Gasteiger partial charge is 0.324 e. The van der Waals surface area contributed by atoms with Gasteiger partial charge in [0.2, 0.25) is 0 Å². The number of pyridine rings is 1. The maximum Gasteiger partial charge on any atom is 0.324 e. The Morgan fingerprint density at radius 1 is 0.970 bits per heavy atom. The maximum absolute atomic E-state index is 12.7. The number of benzene rings is 2. The van der Waals surface area contributed by atoms with Crippen LogP contribution in [0.4, 0.5) is 10.5 Å². The molecule has 2 amide bonds. The summed E-state index contributed by atoms with van der Waals surface area (Å²) in [6, 6.07) is 18.3. The van der Waals surface area contributed by atoms with Crippen LogP contribution < -0.4 is 9.64 Å². The fraction of sp³-hybridized carbons (Fsp3) is 0.333. The molecule has 2 aromatic carbocycles.